The van der Waals surface area contributed by atoms with Gasteiger partial charge in [-0.2, -0.15) is 0 Å². The average Bonchev–Trinajstić information content (AvgIpc) is 2.30. The molecule has 15 heavy (non-hydrogen) atoms. The first-order chi connectivity index (χ1) is 7.31. The molecule has 2 rings (SSSR count). The number of anilines is 1. The number of pyridine rings is 1. The number of aromatic nitrogens is 1. The quantitative estimate of drug-likeness (QED) is 0.685. The van der Waals surface area contributed by atoms with Gasteiger partial charge < -0.3 is 4.90 Å². The molecular formula is C10H12N2O2S. The van der Waals surface area contributed by atoms with Gasteiger partial charge in [-0.25, -0.2) is 4.98 Å². The summed E-state index contributed by atoms with van der Waals surface area (Å²) in [5, 5.41) is 0. The van der Waals surface area contributed by atoms with Crippen LogP contribution in [0.15, 0.2) is 18.3 Å². The monoisotopic (exact) mass is 224 g/mol. The van der Waals surface area contributed by atoms with E-state index in [0.29, 0.717) is 36.0 Å². The van der Waals surface area contributed by atoms with Crippen molar-refractivity contribution in [3.63, 3.8) is 0 Å². The van der Waals surface area contributed by atoms with E-state index in [9.17, 15) is 9.00 Å². The predicted octanol–water partition coefficient (Wildman–Crippen LogP) is 0.463. The van der Waals surface area contributed by atoms with Gasteiger partial charge in [-0.05, 0) is 12.1 Å². The Balaban J connectivity index is 2.21. The van der Waals surface area contributed by atoms with Gasteiger partial charge in [0.15, 0.2) is 6.29 Å². The molecule has 1 fully saturated rings. The van der Waals surface area contributed by atoms with Crippen LogP contribution in [0.2, 0.25) is 0 Å². The minimum atomic E-state index is -0.701. The van der Waals surface area contributed by atoms with Gasteiger partial charge in [0, 0.05) is 41.6 Å². The van der Waals surface area contributed by atoms with Crippen molar-refractivity contribution < 1.29 is 9.00 Å². The lowest BCUT2D eigenvalue weighted by Gasteiger charge is -2.28. The largest absolute Gasteiger partial charge is 0.354 e. The number of aldehydes is 1. The molecule has 0 bridgehead atoms. The predicted molar refractivity (Wildman–Crippen MR) is 59.7 cm³/mol. The second kappa shape index (κ2) is 4.53. The van der Waals surface area contributed by atoms with Gasteiger partial charge in [-0.3, -0.25) is 9.00 Å². The lowest BCUT2D eigenvalue weighted by molar-refractivity contribution is 0.112. The first-order valence-corrected chi connectivity index (χ1v) is 6.30. The smallest absolute Gasteiger partial charge is 0.153 e. The van der Waals surface area contributed by atoms with Gasteiger partial charge >= 0.3 is 0 Å². The molecule has 1 aromatic heterocycles. The normalized spacial score (nSPS) is 17.7. The van der Waals surface area contributed by atoms with Crippen LogP contribution in [0.3, 0.4) is 0 Å². The lowest BCUT2D eigenvalue weighted by atomic mass is 10.2. The third kappa shape index (κ3) is 2.23. The van der Waals surface area contributed by atoms with Crippen LogP contribution in [0.25, 0.3) is 0 Å². The van der Waals surface area contributed by atoms with E-state index in [1.807, 2.05) is 4.90 Å². The van der Waals surface area contributed by atoms with Crippen LogP contribution in [0.1, 0.15) is 10.4 Å². The molecule has 0 atom stereocenters. The maximum Gasteiger partial charge on any atom is 0.153 e. The zero-order chi connectivity index (χ0) is 10.7. The van der Waals surface area contributed by atoms with E-state index in [2.05, 4.69) is 4.98 Å². The van der Waals surface area contributed by atoms with E-state index >= 15 is 0 Å². The molecule has 1 aromatic rings. The highest BCUT2D eigenvalue weighted by Crippen LogP contribution is 2.16. The van der Waals surface area contributed by atoms with Crippen LogP contribution in [0.4, 0.5) is 5.82 Å². The molecule has 0 N–H and O–H groups in total. The minimum Gasteiger partial charge on any atom is -0.354 e. The van der Waals surface area contributed by atoms with Crippen LogP contribution >= 0.6 is 0 Å². The maximum atomic E-state index is 11.2. The van der Waals surface area contributed by atoms with Crippen molar-refractivity contribution in [2.45, 2.75) is 0 Å². The summed E-state index contributed by atoms with van der Waals surface area (Å²) in [5.41, 5.74) is 0.602. The van der Waals surface area contributed by atoms with Crippen molar-refractivity contribution in [3.05, 3.63) is 23.9 Å². The highest BCUT2D eigenvalue weighted by Gasteiger charge is 2.18. The van der Waals surface area contributed by atoms with E-state index in [0.717, 1.165) is 6.29 Å². The fourth-order valence-corrected chi connectivity index (χ4v) is 2.67. The van der Waals surface area contributed by atoms with Gasteiger partial charge in [0.1, 0.15) is 5.82 Å². The van der Waals surface area contributed by atoms with E-state index in [1.54, 1.807) is 18.3 Å². The highest BCUT2D eigenvalue weighted by atomic mass is 32.2. The molecule has 4 nitrogen and oxygen atoms in total. The van der Waals surface area contributed by atoms with Crippen molar-refractivity contribution in [1.82, 2.24) is 4.98 Å². The van der Waals surface area contributed by atoms with Gasteiger partial charge in [0.25, 0.3) is 0 Å². The second-order valence-electron chi connectivity index (χ2n) is 3.37. The Hall–Kier alpha value is -1.23. The van der Waals surface area contributed by atoms with Crippen molar-refractivity contribution in [1.29, 1.82) is 0 Å². The Morgan fingerprint density at radius 2 is 2.13 bits per heavy atom. The summed E-state index contributed by atoms with van der Waals surface area (Å²) in [6, 6.07) is 3.50. The molecule has 1 aliphatic rings. The van der Waals surface area contributed by atoms with Crippen molar-refractivity contribution >= 4 is 22.9 Å². The Bertz CT molecular complexity index is 385. The minimum absolute atomic E-state index is 0.602. The topological polar surface area (TPSA) is 50.3 Å². The number of carbonyl (C=O) groups excluding carboxylic acids is 1. The van der Waals surface area contributed by atoms with Crippen LogP contribution in [0.5, 0.6) is 0 Å². The highest BCUT2D eigenvalue weighted by molar-refractivity contribution is 7.85. The van der Waals surface area contributed by atoms with Gasteiger partial charge in [-0.15, -0.1) is 0 Å². The van der Waals surface area contributed by atoms with Crippen molar-refractivity contribution in [3.8, 4) is 0 Å². The Morgan fingerprint density at radius 3 is 2.80 bits per heavy atom. The number of hydrogen-bond donors (Lipinski definition) is 0. The van der Waals surface area contributed by atoms with Gasteiger partial charge in [0.05, 0.1) is 5.56 Å². The first kappa shape index (κ1) is 10.3. The van der Waals surface area contributed by atoms with E-state index in [1.165, 1.54) is 0 Å². The average molecular weight is 224 g/mol. The Kier molecular flexibility index (Phi) is 3.11. The lowest BCUT2D eigenvalue weighted by Crippen LogP contribution is -2.38. The molecule has 0 radical (unpaired) electrons. The summed E-state index contributed by atoms with van der Waals surface area (Å²) in [4.78, 5) is 17.0. The van der Waals surface area contributed by atoms with E-state index in [4.69, 9.17) is 0 Å². The molecule has 5 heteroatoms. The Labute approximate surface area is 90.8 Å². The zero-order valence-electron chi connectivity index (χ0n) is 8.26. The molecule has 1 aliphatic heterocycles. The van der Waals surface area contributed by atoms with Gasteiger partial charge in [-0.1, -0.05) is 0 Å². The van der Waals surface area contributed by atoms with Crippen LogP contribution in [0, 0.1) is 0 Å². The third-order valence-electron chi connectivity index (χ3n) is 2.42. The second-order valence-corrected chi connectivity index (χ2v) is 5.07. The zero-order valence-corrected chi connectivity index (χ0v) is 9.07. The molecule has 0 amide bonds. The number of carbonyl (C=O) groups is 1. The molecule has 0 saturated carbocycles. The first-order valence-electron chi connectivity index (χ1n) is 4.81. The summed E-state index contributed by atoms with van der Waals surface area (Å²) >= 11 is 0. The van der Waals surface area contributed by atoms with E-state index < -0.39 is 10.8 Å². The fourth-order valence-electron chi connectivity index (χ4n) is 1.62. The van der Waals surface area contributed by atoms with Crippen molar-refractivity contribution in [2.24, 2.45) is 0 Å². The Morgan fingerprint density at radius 1 is 1.40 bits per heavy atom. The number of rotatable bonds is 2. The standard InChI is InChI=1S/C10H12N2O2S/c13-8-9-2-1-3-11-10(9)12-4-6-15(14)7-5-12/h1-3,8H,4-7H2. The summed E-state index contributed by atoms with van der Waals surface area (Å²) in [7, 11) is -0.701. The van der Waals surface area contributed by atoms with Crippen LogP contribution in [-0.4, -0.2) is 40.1 Å². The third-order valence-corrected chi connectivity index (χ3v) is 3.70. The molecule has 2 heterocycles. The number of hydrogen-bond acceptors (Lipinski definition) is 4. The summed E-state index contributed by atoms with van der Waals surface area (Å²) in [6.45, 7) is 1.43. The molecule has 0 spiro atoms. The van der Waals surface area contributed by atoms with E-state index in [-0.39, 0.29) is 0 Å². The summed E-state index contributed by atoms with van der Waals surface area (Å²) in [6.07, 6.45) is 2.49. The summed E-state index contributed by atoms with van der Waals surface area (Å²) in [5.74, 6) is 2.04. The van der Waals surface area contributed by atoms with Gasteiger partial charge in [0.2, 0.25) is 0 Å². The van der Waals surface area contributed by atoms with Crippen LogP contribution in [-0.2, 0) is 10.8 Å². The maximum absolute atomic E-state index is 11.2. The molecule has 80 valence electrons. The molecule has 1 saturated heterocycles. The molecule has 0 aromatic carbocycles. The SMILES string of the molecule is O=Cc1cccnc1N1CCS(=O)CC1. The molecule has 0 unspecified atom stereocenters. The number of nitrogens with zero attached hydrogens (tertiary/aromatic N) is 2. The molecular weight excluding hydrogens is 212 g/mol. The molecule has 0 aliphatic carbocycles. The van der Waals surface area contributed by atoms with Crippen molar-refractivity contribution in [2.75, 3.05) is 29.5 Å². The van der Waals surface area contributed by atoms with Crippen LogP contribution < -0.4 is 4.90 Å². The fraction of sp³-hybridized carbons (Fsp3) is 0.400. The summed E-state index contributed by atoms with van der Waals surface area (Å²) < 4.78 is 11.2.